The summed E-state index contributed by atoms with van der Waals surface area (Å²) in [5.74, 6) is 0.201. The lowest BCUT2D eigenvalue weighted by Crippen LogP contribution is -2.42. The number of para-hydroxylation sites is 1. The second kappa shape index (κ2) is 6.22. The Bertz CT molecular complexity index is 684. The maximum atomic E-state index is 12.3. The van der Waals surface area contributed by atoms with E-state index in [1.54, 1.807) is 6.92 Å². The topological polar surface area (TPSA) is 65.2 Å². The van der Waals surface area contributed by atoms with Gasteiger partial charge in [0.1, 0.15) is 0 Å². The van der Waals surface area contributed by atoms with Gasteiger partial charge in [-0.25, -0.2) is 0 Å². The van der Waals surface area contributed by atoms with Crippen molar-refractivity contribution < 1.29 is 9.59 Å². The van der Waals surface area contributed by atoms with E-state index in [-0.39, 0.29) is 17.7 Å². The van der Waals surface area contributed by atoms with Crippen molar-refractivity contribution in [2.45, 2.75) is 26.3 Å². The third-order valence-electron chi connectivity index (χ3n) is 4.44. The van der Waals surface area contributed by atoms with E-state index < -0.39 is 0 Å². The molecule has 1 saturated heterocycles. The molecule has 0 aliphatic carbocycles. The summed E-state index contributed by atoms with van der Waals surface area (Å²) in [7, 11) is 0. The highest BCUT2D eigenvalue weighted by atomic mass is 16.2. The molecule has 2 heterocycles. The van der Waals surface area contributed by atoms with Crippen molar-refractivity contribution in [3.05, 3.63) is 36.0 Å². The molecule has 0 atom stereocenters. The van der Waals surface area contributed by atoms with Crippen LogP contribution < -0.4 is 5.32 Å². The molecule has 0 unspecified atom stereocenters. The highest BCUT2D eigenvalue weighted by Gasteiger charge is 2.25. The Balaban J connectivity index is 1.56. The van der Waals surface area contributed by atoms with Gasteiger partial charge in [0, 0.05) is 49.6 Å². The van der Waals surface area contributed by atoms with Gasteiger partial charge in [0.05, 0.1) is 0 Å². The maximum Gasteiger partial charge on any atom is 0.223 e. The molecule has 1 aliphatic rings. The number of piperidine rings is 1. The Morgan fingerprint density at radius 1 is 1.27 bits per heavy atom. The number of likely N-dealkylation sites (tertiary alicyclic amines) is 1. The SMILES string of the molecule is CC(=O)N1CCC(C(=O)NCc2c[nH]c3ccccc23)CC1. The third kappa shape index (κ3) is 2.98. The number of H-pyrrole nitrogens is 1. The standard InChI is InChI=1S/C17H21N3O2/c1-12(21)20-8-6-13(7-9-20)17(22)19-11-14-10-18-16-5-3-2-4-15(14)16/h2-5,10,13,18H,6-9,11H2,1H3,(H,19,22). The van der Waals surface area contributed by atoms with Crippen molar-refractivity contribution in [2.75, 3.05) is 13.1 Å². The van der Waals surface area contributed by atoms with Gasteiger partial charge < -0.3 is 15.2 Å². The Morgan fingerprint density at radius 3 is 2.73 bits per heavy atom. The Labute approximate surface area is 129 Å². The summed E-state index contributed by atoms with van der Waals surface area (Å²) < 4.78 is 0. The number of carbonyl (C=O) groups is 2. The van der Waals surface area contributed by atoms with E-state index >= 15 is 0 Å². The zero-order valence-corrected chi connectivity index (χ0v) is 12.8. The van der Waals surface area contributed by atoms with Crippen LogP contribution in [0.3, 0.4) is 0 Å². The minimum atomic E-state index is 0.0146. The lowest BCUT2D eigenvalue weighted by Gasteiger charge is -2.30. The van der Waals surface area contributed by atoms with Gasteiger partial charge in [-0.15, -0.1) is 0 Å². The van der Waals surface area contributed by atoms with Crippen molar-refractivity contribution in [1.29, 1.82) is 0 Å². The van der Waals surface area contributed by atoms with Gasteiger partial charge >= 0.3 is 0 Å². The quantitative estimate of drug-likeness (QED) is 0.911. The molecule has 0 radical (unpaired) electrons. The fraction of sp³-hybridized carbons (Fsp3) is 0.412. The zero-order valence-electron chi connectivity index (χ0n) is 12.8. The van der Waals surface area contributed by atoms with Crippen LogP contribution in [0.1, 0.15) is 25.3 Å². The number of benzene rings is 1. The number of nitrogens with zero attached hydrogens (tertiary/aromatic N) is 1. The van der Waals surface area contributed by atoms with Crippen molar-refractivity contribution in [3.8, 4) is 0 Å². The highest BCUT2D eigenvalue weighted by molar-refractivity contribution is 5.84. The second-order valence-corrected chi connectivity index (χ2v) is 5.86. The number of hydrogen-bond acceptors (Lipinski definition) is 2. The van der Waals surface area contributed by atoms with Crippen LogP contribution in [0.5, 0.6) is 0 Å². The summed E-state index contributed by atoms with van der Waals surface area (Å²) in [5.41, 5.74) is 2.19. The van der Waals surface area contributed by atoms with Gasteiger partial charge in [0.15, 0.2) is 0 Å². The molecule has 1 aromatic heterocycles. The summed E-state index contributed by atoms with van der Waals surface area (Å²) in [4.78, 5) is 28.6. The first-order valence-corrected chi connectivity index (χ1v) is 7.73. The average molecular weight is 299 g/mol. The van der Waals surface area contributed by atoms with Crippen molar-refractivity contribution in [2.24, 2.45) is 5.92 Å². The maximum absolute atomic E-state index is 12.3. The summed E-state index contributed by atoms with van der Waals surface area (Å²) in [6.07, 6.45) is 3.45. The molecule has 116 valence electrons. The molecule has 5 heteroatoms. The summed E-state index contributed by atoms with van der Waals surface area (Å²) in [5, 5.41) is 4.18. The molecule has 22 heavy (non-hydrogen) atoms. The van der Waals surface area contributed by atoms with Gasteiger partial charge in [0.25, 0.3) is 0 Å². The van der Waals surface area contributed by atoms with Gasteiger partial charge in [-0.1, -0.05) is 18.2 Å². The van der Waals surface area contributed by atoms with E-state index in [2.05, 4.69) is 16.4 Å². The molecule has 2 aromatic rings. The van der Waals surface area contributed by atoms with Crippen molar-refractivity contribution in [1.82, 2.24) is 15.2 Å². The third-order valence-corrected chi connectivity index (χ3v) is 4.44. The first-order chi connectivity index (χ1) is 10.6. The molecule has 1 aromatic carbocycles. The van der Waals surface area contributed by atoms with E-state index in [1.165, 1.54) is 0 Å². The minimum Gasteiger partial charge on any atom is -0.361 e. The largest absolute Gasteiger partial charge is 0.361 e. The van der Waals surface area contributed by atoms with E-state index in [1.807, 2.05) is 29.3 Å². The Kier molecular flexibility index (Phi) is 4.13. The molecule has 3 rings (SSSR count). The van der Waals surface area contributed by atoms with E-state index in [0.29, 0.717) is 19.6 Å². The van der Waals surface area contributed by atoms with Crippen LogP contribution in [-0.4, -0.2) is 34.8 Å². The van der Waals surface area contributed by atoms with Crippen LogP contribution >= 0.6 is 0 Å². The molecule has 0 bridgehead atoms. The van der Waals surface area contributed by atoms with Crippen LogP contribution in [0.4, 0.5) is 0 Å². The smallest absolute Gasteiger partial charge is 0.223 e. The first kappa shape index (κ1) is 14.6. The lowest BCUT2D eigenvalue weighted by molar-refractivity contribution is -0.134. The van der Waals surface area contributed by atoms with Gasteiger partial charge in [0.2, 0.25) is 11.8 Å². The van der Waals surface area contributed by atoms with E-state index in [9.17, 15) is 9.59 Å². The van der Waals surface area contributed by atoms with Gasteiger partial charge in [-0.2, -0.15) is 0 Å². The fourth-order valence-electron chi connectivity index (χ4n) is 3.06. The van der Waals surface area contributed by atoms with Crippen LogP contribution in [0, 0.1) is 5.92 Å². The fourth-order valence-corrected chi connectivity index (χ4v) is 3.06. The molecular weight excluding hydrogens is 278 g/mol. The Hall–Kier alpha value is -2.30. The molecule has 1 fully saturated rings. The Morgan fingerprint density at radius 2 is 2.00 bits per heavy atom. The normalized spacial score (nSPS) is 16.0. The number of aromatic nitrogens is 1. The zero-order chi connectivity index (χ0) is 15.5. The van der Waals surface area contributed by atoms with Crippen LogP contribution in [0.2, 0.25) is 0 Å². The van der Waals surface area contributed by atoms with Crippen LogP contribution in [-0.2, 0) is 16.1 Å². The molecule has 2 amide bonds. The molecule has 0 spiro atoms. The van der Waals surface area contributed by atoms with E-state index in [4.69, 9.17) is 0 Å². The summed E-state index contributed by atoms with van der Waals surface area (Å²) in [6.45, 7) is 3.48. The predicted molar refractivity (Wildman–Crippen MR) is 85.1 cm³/mol. The number of fused-ring (bicyclic) bond motifs is 1. The first-order valence-electron chi connectivity index (χ1n) is 7.73. The summed E-state index contributed by atoms with van der Waals surface area (Å²) >= 11 is 0. The van der Waals surface area contributed by atoms with Crippen LogP contribution in [0.15, 0.2) is 30.5 Å². The number of rotatable bonds is 3. The molecular formula is C17H21N3O2. The molecule has 0 saturated carbocycles. The number of carbonyl (C=O) groups excluding carboxylic acids is 2. The number of hydrogen-bond donors (Lipinski definition) is 2. The average Bonchev–Trinajstić information content (AvgIpc) is 2.96. The summed E-state index contributed by atoms with van der Waals surface area (Å²) in [6, 6.07) is 8.07. The molecule has 2 N–H and O–H groups in total. The monoisotopic (exact) mass is 299 g/mol. The number of nitrogens with one attached hydrogen (secondary N) is 2. The van der Waals surface area contributed by atoms with E-state index in [0.717, 1.165) is 29.3 Å². The minimum absolute atomic E-state index is 0.0146. The van der Waals surface area contributed by atoms with Crippen LogP contribution in [0.25, 0.3) is 10.9 Å². The van der Waals surface area contributed by atoms with Crippen molar-refractivity contribution in [3.63, 3.8) is 0 Å². The van der Waals surface area contributed by atoms with Gasteiger partial charge in [-0.05, 0) is 24.5 Å². The number of amides is 2. The van der Waals surface area contributed by atoms with Crippen molar-refractivity contribution >= 4 is 22.7 Å². The predicted octanol–water partition coefficient (Wildman–Crippen LogP) is 2.04. The molecule has 5 nitrogen and oxygen atoms in total. The molecule has 1 aliphatic heterocycles. The second-order valence-electron chi connectivity index (χ2n) is 5.86. The lowest BCUT2D eigenvalue weighted by atomic mass is 9.96. The van der Waals surface area contributed by atoms with Gasteiger partial charge in [-0.3, -0.25) is 9.59 Å². The number of aromatic amines is 1. The highest BCUT2D eigenvalue weighted by Crippen LogP contribution is 2.19.